The Bertz CT molecular complexity index is 3220. The van der Waals surface area contributed by atoms with Crippen molar-refractivity contribution in [3.8, 4) is 24.3 Å². The van der Waals surface area contributed by atoms with Crippen molar-refractivity contribution in [2.75, 3.05) is 0 Å². The summed E-state index contributed by atoms with van der Waals surface area (Å²) in [6.07, 6.45) is -0.660. The molecule has 11 nitrogen and oxygen atoms in total. The van der Waals surface area contributed by atoms with E-state index in [1.807, 2.05) is 54.6 Å². The number of fused-ring (bicyclic) bond motifs is 7. The molecule has 3 aromatic carbocycles. The highest BCUT2D eigenvalue weighted by atomic mass is 32.1. The summed E-state index contributed by atoms with van der Waals surface area (Å²) in [5, 5.41) is 39.9. The van der Waals surface area contributed by atoms with E-state index >= 15 is 0 Å². The Kier molecular flexibility index (Phi) is 8.16. The summed E-state index contributed by atoms with van der Waals surface area (Å²) in [5.74, 6) is -0.821. The van der Waals surface area contributed by atoms with Gasteiger partial charge in [0.05, 0.1) is 29.8 Å². The minimum absolute atomic E-state index is 0.000666. The van der Waals surface area contributed by atoms with Crippen molar-refractivity contribution in [3.05, 3.63) is 130 Å². The Morgan fingerprint density at radius 2 is 1.12 bits per heavy atom. The third kappa shape index (κ3) is 5.22. The Morgan fingerprint density at radius 3 is 1.68 bits per heavy atom. The average Bonchev–Trinajstić information content (AvgIpc) is 4.05. The second-order valence-corrected chi connectivity index (χ2v) is 15.5. The number of thiophene rings is 3. The van der Waals surface area contributed by atoms with Crippen LogP contribution in [0.1, 0.15) is 37.4 Å². The minimum atomic E-state index is -0.660. The number of ketones is 2. The van der Waals surface area contributed by atoms with Crippen LogP contribution in [0.3, 0.4) is 0 Å². The van der Waals surface area contributed by atoms with Crippen LogP contribution in [0.2, 0.25) is 0 Å². The molecule has 56 heavy (non-hydrogen) atoms. The Hall–Kier alpha value is -7.59. The van der Waals surface area contributed by atoms with Crippen LogP contribution < -0.4 is 0 Å². The summed E-state index contributed by atoms with van der Waals surface area (Å²) in [6, 6.07) is 33.8. The molecule has 0 radical (unpaired) electrons. The predicted octanol–water partition coefficient (Wildman–Crippen LogP) is 9.86. The molecule has 2 aliphatic carbocycles. The van der Waals surface area contributed by atoms with E-state index in [4.69, 9.17) is 14.7 Å². The third-order valence-corrected chi connectivity index (χ3v) is 12.7. The highest BCUT2D eigenvalue weighted by Crippen LogP contribution is 2.50. The van der Waals surface area contributed by atoms with Crippen molar-refractivity contribution in [2.45, 2.75) is 6.61 Å². The molecular formula is C42H17N7O4S3. The van der Waals surface area contributed by atoms with Gasteiger partial charge >= 0.3 is 6.09 Å². The molecule has 9 rings (SSSR count). The molecule has 262 valence electrons. The van der Waals surface area contributed by atoms with E-state index in [9.17, 15) is 35.4 Å². The predicted molar refractivity (Wildman–Crippen MR) is 215 cm³/mol. The number of hydrogen-bond donors (Lipinski definition) is 0. The number of aliphatic imine (C=N–C) groups is 2. The maximum atomic E-state index is 14.1. The standard InChI is InChI=1S/C42H17N7O4S3/c43-16-22(17-44)32-24-10-4-6-12-26(24)37(50)34(32)47-30-14-28-39(55-30)41-36(49(28)42(52)53-20-21-8-2-1-3-9-21)40-29(54-41)15-31(56-40)48-35-33(23(18-45)19-46)25-11-5-7-13-27(25)38(35)51/h1-15H,20H2. The van der Waals surface area contributed by atoms with Gasteiger partial charge in [-0.1, -0.05) is 78.9 Å². The summed E-state index contributed by atoms with van der Waals surface area (Å²) in [5.41, 5.74) is 3.26. The number of aromatic nitrogens is 1. The molecule has 4 aromatic heterocycles. The molecule has 0 saturated carbocycles. The van der Waals surface area contributed by atoms with Gasteiger partial charge in [-0.05, 0) is 28.8 Å². The summed E-state index contributed by atoms with van der Waals surface area (Å²) < 4.78 is 10.2. The first-order chi connectivity index (χ1) is 27.3. The van der Waals surface area contributed by atoms with Gasteiger partial charge in [-0.2, -0.15) is 21.0 Å². The number of ether oxygens (including phenoxy) is 1. The highest BCUT2D eigenvalue weighted by Gasteiger charge is 2.36. The molecule has 0 unspecified atom stereocenters. The van der Waals surface area contributed by atoms with Crippen molar-refractivity contribution in [3.63, 3.8) is 0 Å². The van der Waals surface area contributed by atoms with E-state index < -0.39 is 17.7 Å². The monoisotopic (exact) mass is 779 g/mol. The van der Waals surface area contributed by atoms with Gasteiger partial charge in [0, 0.05) is 22.3 Å². The number of benzene rings is 3. The molecule has 0 saturated heterocycles. The van der Waals surface area contributed by atoms with Crippen molar-refractivity contribution >= 4 is 114 Å². The van der Waals surface area contributed by atoms with Gasteiger partial charge in [-0.3, -0.25) is 9.59 Å². The van der Waals surface area contributed by atoms with Gasteiger partial charge in [-0.25, -0.2) is 19.3 Å². The number of allylic oxidation sites excluding steroid dienone is 4. The second-order valence-electron chi connectivity index (χ2n) is 12.3. The molecule has 14 heteroatoms. The molecule has 0 fully saturated rings. The third-order valence-electron chi connectivity index (χ3n) is 9.26. The van der Waals surface area contributed by atoms with Crippen LogP contribution in [0.5, 0.6) is 0 Å². The van der Waals surface area contributed by atoms with Gasteiger partial charge in [0.25, 0.3) is 0 Å². The number of nitriles is 4. The van der Waals surface area contributed by atoms with E-state index in [1.54, 1.807) is 60.7 Å². The smallest absolute Gasteiger partial charge is 0.419 e. The zero-order valence-electron chi connectivity index (χ0n) is 28.4. The number of Topliss-reactive ketones (excluding diaryl/α,β-unsaturated/α-hetero) is 2. The SMILES string of the molecule is N#CC(C#N)=C1C(=Nc2cc3c(s2)c2sc4cc(N=C5C(=O)c6ccccc6C5=C(C#N)C#N)sc4c2n3C(=O)OCc2ccccc2)C(=O)c2ccccc21. The summed E-state index contributed by atoms with van der Waals surface area (Å²) in [7, 11) is 0. The molecule has 0 aliphatic heterocycles. The fourth-order valence-electron chi connectivity index (χ4n) is 6.87. The Morgan fingerprint density at radius 1 is 0.625 bits per heavy atom. The first-order valence-corrected chi connectivity index (χ1v) is 19.1. The van der Waals surface area contributed by atoms with Crippen LogP contribution in [0.25, 0.3) is 41.0 Å². The number of nitrogens with zero attached hydrogens (tertiary/aromatic N) is 7. The van der Waals surface area contributed by atoms with Crippen molar-refractivity contribution < 1.29 is 19.1 Å². The van der Waals surface area contributed by atoms with Crippen LogP contribution >= 0.6 is 34.0 Å². The van der Waals surface area contributed by atoms with E-state index in [-0.39, 0.29) is 40.3 Å². The molecule has 0 bridgehead atoms. The van der Waals surface area contributed by atoms with E-state index in [0.717, 1.165) is 15.0 Å². The molecular weight excluding hydrogens is 763 g/mol. The van der Waals surface area contributed by atoms with Gasteiger partial charge in [0.2, 0.25) is 11.6 Å². The van der Waals surface area contributed by atoms with Crippen LogP contribution in [-0.2, 0) is 11.3 Å². The quantitative estimate of drug-likeness (QED) is 0.158. The van der Waals surface area contributed by atoms with Gasteiger partial charge < -0.3 is 4.74 Å². The normalized spacial score (nSPS) is 14.6. The van der Waals surface area contributed by atoms with E-state index in [2.05, 4.69) is 0 Å². The van der Waals surface area contributed by atoms with Crippen molar-refractivity contribution in [1.82, 2.24) is 4.57 Å². The van der Waals surface area contributed by atoms with Crippen LogP contribution in [0, 0.1) is 45.3 Å². The van der Waals surface area contributed by atoms with E-state index in [1.165, 1.54) is 38.6 Å². The highest BCUT2D eigenvalue weighted by molar-refractivity contribution is 7.37. The number of carbonyl (C=O) groups is 3. The molecule has 0 atom stereocenters. The number of hydrogen-bond acceptors (Lipinski definition) is 13. The topological polar surface area (TPSA) is 185 Å². The van der Waals surface area contributed by atoms with Crippen LogP contribution in [0.4, 0.5) is 14.8 Å². The minimum Gasteiger partial charge on any atom is -0.444 e. The average molecular weight is 780 g/mol. The van der Waals surface area contributed by atoms with Gasteiger partial charge in [0.15, 0.2) is 0 Å². The summed E-state index contributed by atoms with van der Waals surface area (Å²) in [4.78, 5) is 50.7. The zero-order chi connectivity index (χ0) is 38.7. The molecule has 0 amide bonds. The zero-order valence-corrected chi connectivity index (χ0v) is 30.8. The second kappa shape index (κ2) is 13.4. The summed E-state index contributed by atoms with van der Waals surface area (Å²) in [6.45, 7) is 0.000666. The first-order valence-electron chi connectivity index (χ1n) is 16.6. The molecule has 0 spiro atoms. The maximum absolute atomic E-state index is 14.1. The fraction of sp³-hybridized carbons (Fsp3) is 0.0238. The first kappa shape index (κ1) is 34.2. The van der Waals surface area contributed by atoms with Crippen LogP contribution in [0.15, 0.2) is 112 Å². The Balaban J connectivity index is 1.21. The Labute approximate surface area is 328 Å². The number of rotatable bonds is 4. The molecule has 2 aliphatic rings. The fourth-order valence-corrected chi connectivity index (χ4v) is 10.5. The lowest BCUT2D eigenvalue weighted by Gasteiger charge is -2.07. The van der Waals surface area contributed by atoms with Crippen molar-refractivity contribution in [2.24, 2.45) is 9.98 Å². The summed E-state index contributed by atoms with van der Waals surface area (Å²) >= 11 is 3.89. The largest absolute Gasteiger partial charge is 0.444 e. The lowest BCUT2D eigenvalue weighted by atomic mass is 10.0. The van der Waals surface area contributed by atoms with Gasteiger partial charge in [-0.15, -0.1) is 34.0 Å². The number of carbonyl (C=O) groups excluding carboxylic acids is 3. The molecule has 7 aromatic rings. The molecule has 0 N–H and O–H groups in total. The lowest BCUT2D eigenvalue weighted by molar-refractivity contribution is 0.106. The maximum Gasteiger partial charge on any atom is 0.419 e. The molecule has 4 heterocycles. The van der Waals surface area contributed by atoms with Crippen molar-refractivity contribution in [1.29, 1.82) is 21.0 Å². The van der Waals surface area contributed by atoms with E-state index in [0.29, 0.717) is 52.7 Å². The van der Waals surface area contributed by atoms with Crippen LogP contribution in [-0.4, -0.2) is 33.7 Å². The lowest BCUT2D eigenvalue weighted by Crippen LogP contribution is -2.13. The van der Waals surface area contributed by atoms with Gasteiger partial charge in [0.1, 0.15) is 63.5 Å².